The minimum Gasteiger partial charge on any atom is -0.870 e. The van der Waals surface area contributed by atoms with E-state index in [0.29, 0.717) is 0 Å². The van der Waals surface area contributed by atoms with Gasteiger partial charge in [0, 0.05) is 0 Å². The van der Waals surface area contributed by atoms with Gasteiger partial charge in [0.05, 0.1) is 0 Å². The van der Waals surface area contributed by atoms with E-state index >= 15 is 0 Å². The number of rotatable bonds is 0. The monoisotopic (exact) mass is 156 g/mol. The molecule has 0 rings (SSSR count). The van der Waals surface area contributed by atoms with Gasteiger partial charge in [0.25, 0.3) is 0 Å². The molecule has 0 amide bonds. The van der Waals surface area contributed by atoms with Crippen molar-refractivity contribution in [3.63, 3.8) is 0 Å². The van der Waals surface area contributed by atoms with Crippen LogP contribution in [0.4, 0.5) is 0 Å². The molecule has 0 saturated carbocycles. The Morgan fingerprint density at radius 2 is 0.600 bits per heavy atom. The predicted octanol–water partition coefficient (Wildman–Crippen LogP) is -0.0826. The first-order valence-electron chi connectivity index (χ1n) is 0. The zero-order chi connectivity index (χ0) is 0. The second-order valence-electron chi connectivity index (χ2n) is 0. The van der Waals surface area contributed by atoms with E-state index < -0.39 is 0 Å². The van der Waals surface area contributed by atoms with E-state index in [1.54, 1.807) is 0 Å². The SMILES string of the molecule is [CH3-].[OH-].[OH-].[OH-].[Zr+4]. The summed E-state index contributed by atoms with van der Waals surface area (Å²) in [6.07, 6.45) is 0. The molecule has 3 N–H and O–H groups in total. The van der Waals surface area contributed by atoms with Gasteiger partial charge in [0.15, 0.2) is 0 Å². The van der Waals surface area contributed by atoms with Crippen molar-refractivity contribution < 1.29 is 42.6 Å². The van der Waals surface area contributed by atoms with E-state index in [1.807, 2.05) is 0 Å². The Bertz CT molecular complexity index is 6.85. The van der Waals surface area contributed by atoms with Gasteiger partial charge in [-0.3, -0.25) is 0 Å². The van der Waals surface area contributed by atoms with Crippen molar-refractivity contribution in [1.82, 2.24) is 0 Å². The Balaban J connectivity index is 0. The molecule has 0 heterocycles. The van der Waals surface area contributed by atoms with Gasteiger partial charge in [-0.05, 0) is 0 Å². The molecule has 0 bridgehead atoms. The van der Waals surface area contributed by atoms with Crippen LogP contribution >= 0.6 is 0 Å². The average molecular weight is 157 g/mol. The van der Waals surface area contributed by atoms with Gasteiger partial charge in [-0.25, -0.2) is 0 Å². The summed E-state index contributed by atoms with van der Waals surface area (Å²) >= 11 is 0. The van der Waals surface area contributed by atoms with Gasteiger partial charge >= 0.3 is 26.2 Å². The molecular formula is CH6O3Zr. The molecule has 0 unspecified atom stereocenters. The molecule has 0 radical (unpaired) electrons. The van der Waals surface area contributed by atoms with Crippen LogP contribution in [0, 0.1) is 7.43 Å². The van der Waals surface area contributed by atoms with Crippen LogP contribution in [0.3, 0.4) is 0 Å². The average Bonchev–Trinajstić information content (AvgIpc) is 0. The third-order valence-corrected chi connectivity index (χ3v) is 0. The molecule has 0 aliphatic heterocycles. The summed E-state index contributed by atoms with van der Waals surface area (Å²) in [5.41, 5.74) is 0. The summed E-state index contributed by atoms with van der Waals surface area (Å²) in [5, 5.41) is 0. The summed E-state index contributed by atoms with van der Waals surface area (Å²) in [5.74, 6) is 0. The maximum Gasteiger partial charge on any atom is 4.00 e. The van der Waals surface area contributed by atoms with E-state index in [0.717, 1.165) is 0 Å². The second kappa shape index (κ2) is 116. The fraction of sp³-hybridized carbons (Fsp3) is 0. The Labute approximate surface area is 50.4 Å². The van der Waals surface area contributed by atoms with Gasteiger partial charge in [-0.1, -0.05) is 0 Å². The molecule has 0 saturated heterocycles. The van der Waals surface area contributed by atoms with Crippen molar-refractivity contribution in [2.75, 3.05) is 0 Å². The van der Waals surface area contributed by atoms with Gasteiger partial charge in [0.1, 0.15) is 0 Å². The molecule has 32 valence electrons. The molecule has 0 aliphatic carbocycles. The van der Waals surface area contributed by atoms with Crippen molar-refractivity contribution in [3.8, 4) is 0 Å². The van der Waals surface area contributed by atoms with E-state index in [9.17, 15) is 0 Å². The summed E-state index contributed by atoms with van der Waals surface area (Å²) in [7, 11) is 0. The molecule has 0 aromatic rings. The Hall–Kier alpha value is 0.763. The van der Waals surface area contributed by atoms with Crippen molar-refractivity contribution in [2.24, 2.45) is 0 Å². The fourth-order valence-corrected chi connectivity index (χ4v) is 0. The molecule has 0 aromatic carbocycles. The minimum absolute atomic E-state index is 0. The van der Waals surface area contributed by atoms with Gasteiger partial charge < -0.3 is 23.9 Å². The third kappa shape index (κ3) is 62.4. The molecule has 0 spiro atoms. The van der Waals surface area contributed by atoms with Crippen LogP contribution in [0.2, 0.25) is 0 Å². The van der Waals surface area contributed by atoms with E-state index in [1.165, 1.54) is 0 Å². The van der Waals surface area contributed by atoms with Crippen molar-refractivity contribution >= 4 is 0 Å². The summed E-state index contributed by atoms with van der Waals surface area (Å²) in [4.78, 5) is 0. The van der Waals surface area contributed by atoms with Crippen LogP contribution < -0.4 is 0 Å². The van der Waals surface area contributed by atoms with Crippen LogP contribution in [0.25, 0.3) is 0 Å². The molecule has 0 fully saturated rings. The Morgan fingerprint density at radius 1 is 0.600 bits per heavy atom. The van der Waals surface area contributed by atoms with Gasteiger partial charge in [-0.15, -0.1) is 0 Å². The van der Waals surface area contributed by atoms with Gasteiger partial charge in [0.2, 0.25) is 0 Å². The zero-order valence-corrected chi connectivity index (χ0v) is 5.30. The molecular weight excluding hydrogens is 151 g/mol. The van der Waals surface area contributed by atoms with Crippen LogP contribution in [-0.2, 0) is 26.2 Å². The first-order chi connectivity index (χ1) is 0. The standard InChI is InChI=1S/CH3.3H2O.Zr/h1H3;3*1H2;/q-1;;;;+4/p-3. The number of hydrogen-bond acceptors (Lipinski definition) is 3. The summed E-state index contributed by atoms with van der Waals surface area (Å²) in [6, 6.07) is 0. The summed E-state index contributed by atoms with van der Waals surface area (Å²) in [6.45, 7) is 0. The normalized spacial score (nSPS) is 0. The zero-order valence-electron chi connectivity index (χ0n) is 2.84. The predicted molar refractivity (Wildman–Crippen MR) is 12.2 cm³/mol. The maximum absolute atomic E-state index is 0. The third-order valence-electron chi connectivity index (χ3n) is 0. The van der Waals surface area contributed by atoms with Crippen LogP contribution in [0.1, 0.15) is 0 Å². The summed E-state index contributed by atoms with van der Waals surface area (Å²) < 4.78 is 0. The fourth-order valence-electron chi connectivity index (χ4n) is 0. The molecule has 0 aliphatic rings. The van der Waals surface area contributed by atoms with E-state index in [-0.39, 0.29) is 50.1 Å². The van der Waals surface area contributed by atoms with Crippen molar-refractivity contribution in [3.05, 3.63) is 7.43 Å². The smallest absolute Gasteiger partial charge is 0.870 e. The van der Waals surface area contributed by atoms with Crippen molar-refractivity contribution in [1.29, 1.82) is 0 Å². The largest absolute Gasteiger partial charge is 4.00 e. The Kier molecular flexibility index (Phi) is 5200. The maximum atomic E-state index is 0. The minimum atomic E-state index is 0. The molecule has 0 atom stereocenters. The van der Waals surface area contributed by atoms with Crippen LogP contribution in [0.15, 0.2) is 0 Å². The molecule has 4 heteroatoms. The first kappa shape index (κ1) is 225. The molecule has 3 nitrogen and oxygen atoms in total. The quantitative estimate of drug-likeness (QED) is 0.460. The Morgan fingerprint density at radius 3 is 0.600 bits per heavy atom. The molecule has 5 heavy (non-hydrogen) atoms. The number of hydrogen-bond donors (Lipinski definition) is 0. The second-order valence-corrected chi connectivity index (χ2v) is 0. The topological polar surface area (TPSA) is 90.0 Å². The van der Waals surface area contributed by atoms with E-state index in [4.69, 9.17) is 0 Å². The van der Waals surface area contributed by atoms with Gasteiger partial charge in [-0.2, -0.15) is 0 Å². The van der Waals surface area contributed by atoms with Crippen molar-refractivity contribution in [2.45, 2.75) is 0 Å². The van der Waals surface area contributed by atoms with Crippen LogP contribution in [-0.4, -0.2) is 16.4 Å². The van der Waals surface area contributed by atoms with E-state index in [2.05, 4.69) is 0 Å². The molecule has 0 aromatic heterocycles. The first-order valence-corrected chi connectivity index (χ1v) is 0. The van der Waals surface area contributed by atoms with Crippen LogP contribution in [0.5, 0.6) is 0 Å².